The zero-order chi connectivity index (χ0) is 8.55. The van der Waals surface area contributed by atoms with Crippen LogP contribution in [0.3, 0.4) is 0 Å². The Balaban J connectivity index is 2.53. The molecule has 3 heteroatoms. The number of rotatable bonds is 0. The minimum absolute atomic E-state index is 0.184. The number of esters is 1. The van der Waals surface area contributed by atoms with Crippen molar-refractivity contribution in [1.29, 1.82) is 0 Å². The number of cyclic esters (lactones) is 1. The van der Waals surface area contributed by atoms with E-state index >= 15 is 0 Å². The Labute approximate surface area is 71.9 Å². The van der Waals surface area contributed by atoms with E-state index in [1.165, 1.54) is 5.46 Å². The first-order valence-electron chi connectivity index (χ1n) is 4.04. The van der Waals surface area contributed by atoms with Crippen molar-refractivity contribution in [3.05, 3.63) is 29.3 Å². The van der Waals surface area contributed by atoms with Crippen molar-refractivity contribution in [1.82, 2.24) is 0 Å². The highest BCUT2D eigenvalue weighted by molar-refractivity contribution is 6.32. The monoisotopic (exact) mass is 160 g/mol. The number of fused-ring (bicyclic) bond motifs is 1. The molecule has 0 spiro atoms. The summed E-state index contributed by atoms with van der Waals surface area (Å²) in [6, 6.07) is 5.83. The molecule has 1 heterocycles. The van der Waals surface area contributed by atoms with Crippen molar-refractivity contribution in [2.45, 2.75) is 6.42 Å². The second kappa shape index (κ2) is 2.66. The molecule has 0 N–H and O–H groups in total. The van der Waals surface area contributed by atoms with Gasteiger partial charge in [-0.05, 0) is 11.6 Å². The molecule has 0 saturated heterocycles. The summed E-state index contributed by atoms with van der Waals surface area (Å²) in [6.45, 7) is 0.523. The molecule has 0 radical (unpaired) electrons. The molecule has 0 fully saturated rings. The van der Waals surface area contributed by atoms with E-state index in [-0.39, 0.29) is 5.97 Å². The van der Waals surface area contributed by atoms with Crippen LogP contribution in [0.15, 0.2) is 18.2 Å². The lowest BCUT2D eigenvalue weighted by atomic mass is 9.90. The first-order chi connectivity index (χ1) is 5.77. The highest BCUT2D eigenvalue weighted by Crippen LogP contribution is 2.14. The molecular formula is C9H9BO2. The van der Waals surface area contributed by atoms with Crippen LogP contribution >= 0.6 is 0 Å². The Bertz CT molecular complexity index is 333. The van der Waals surface area contributed by atoms with Gasteiger partial charge in [-0.15, -0.1) is 0 Å². The van der Waals surface area contributed by atoms with Crippen LogP contribution < -0.4 is 5.46 Å². The summed E-state index contributed by atoms with van der Waals surface area (Å²) in [5.74, 6) is -0.184. The smallest absolute Gasteiger partial charge is 0.338 e. The van der Waals surface area contributed by atoms with Gasteiger partial charge in [-0.25, -0.2) is 4.79 Å². The van der Waals surface area contributed by atoms with Gasteiger partial charge in [0.15, 0.2) is 0 Å². The normalized spacial score (nSPS) is 15.2. The fourth-order valence-corrected chi connectivity index (χ4v) is 1.46. The second-order valence-electron chi connectivity index (χ2n) is 3.05. The number of carbonyl (C=O) groups excluding carboxylic acids is 1. The number of ether oxygens (including phenoxy) is 1. The van der Waals surface area contributed by atoms with E-state index < -0.39 is 0 Å². The maximum Gasteiger partial charge on any atom is 0.338 e. The first kappa shape index (κ1) is 7.41. The van der Waals surface area contributed by atoms with Gasteiger partial charge < -0.3 is 4.74 Å². The SMILES string of the molecule is Bc1ccc2c(c1)CCOC2=O. The average Bonchev–Trinajstić information content (AvgIpc) is 2.04. The third-order valence-electron chi connectivity index (χ3n) is 2.09. The van der Waals surface area contributed by atoms with E-state index in [2.05, 4.69) is 6.07 Å². The van der Waals surface area contributed by atoms with Crippen molar-refractivity contribution < 1.29 is 9.53 Å². The molecule has 60 valence electrons. The van der Waals surface area contributed by atoms with Gasteiger partial charge in [0.25, 0.3) is 0 Å². The summed E-state index contributed by atoms with van der Waals surface area (Å²) in [4.78, 5) is 11.2. The van der Waals surface area contributed by atoms with Gasteiger partial charge in [-0.3, -0.25) is 0 Å². The molecule has 1 aromatic carbocycles. The maximum absolute atomic E-state index is 11.2. The van der Waals surface area contributed by atoms with Crippen molar-refractivity contribution in [2.75, 3.05) is 6.61 Å². The van der Waals surface area contributed by atoms with Crippen molar-refractivity contribution in [3.8, 4) is 0 Å². The van der Waals surface area contributed by atoms with Gasteiger partial charge in [0.05, 0.1) is 12.2 Å². The Morgan fingerprint density at radius 3 is 3.08 bits per heavy atom. The van der Waals surface area contributed by atoms with Crippen molar-refractivity contribution >= 4 is 19.3 Å². The molecule has 2 rings (SSSR count). The van der Waals surface area contributed by atoms with Gasteiger partial charge in [0, 0.05) is 6.42 Å². The molecule has 0 saturated carbocycles. The summed E-state index contributed by atoms with van der Waals surface area (Å²) < 4.78 is 4.91. The lowest BCUT2D eigenvalue weighted by molar-refractivity contribution is 0.0480. The molecule has 0 unspecified atom stereocenters. The lowest BCUT2D eigenvalue weighted by Gasteiger charge is -2.15. The van der Waals surface area contributed by atoms with E-state index in [1.807, 2.05) is 20.0 Å². The van der Waals surface area contributed by atoms with Crippen LogP contribution in [0.1, 0.15) is 15.9 Å². The maximum atomic E-state index is 11.2. The summed E-state index contributed by atoms with van der Waals surface area (Å²) in [5, 5.41) is 0. The summed E-state index contributed by atoms with van der Waals surface area (Å²) >= 11 is 0. The first-order valence-corrected chi connectivity index (χ1v) is 4.04. The van der Waals surface area contributed by atoms with Crippen LogP contribution in [0.25, 0.3) is 0 Å². The van der Waals surface area contributed by atoms with Crippen LogP contribution in [0.4, 0.5) is 0 Å². The standard InChI is InChI=1S/C9H9BO2/c10-7-1-2-8-6(5-7)3-4-12-9(8)11/h1-2,5H,3-4,10H2. The Morgan fingerprint density at radius 1 is 1.42 bits per heavy atom. The number of hydrogen-bond donors (Lipinski definition) is 0. The number of carbonyl (C=O) groups is 1. The summed E-state index contributed by atoms with van der Waals surface area (Å²) in [6.07, 6.45) is 0.850. The van der Waals surface area contributed by atoms with Crippen LogP contribution in [0.2, 0.25) is 0 Å². The van der Waals surface area contributed by atoms with Crippen molar-refractivity contribution in [3.63, 3.8) is 0 Å². The molecule has 0 atom stereocenters. The minimum atomic E-state index is -0.184. The van der Waals surface area contributed by atoms with Gasteiger partial charge in [-0.2, -0.15) is 0 Å². The highest BCUT2D eigenvalue weighted by Gasteiger charge is 2.17. The molecule has 0 aliphatic carbocycles. The predicted molar refractivity (Wildman–Crippen MR) is 48.6 cm³/mol. The zero-order valence-electron chi connectivity index (χ0n) is 6.96. The van der Waals surface area contributed by atoms with Gasteiger partial charge in [0.1, 0.15) is 7.85 Å². The quantitative estimate of drug-likeness (QED) is 0.383. The van der Waals surface area contributed by atoms with Gasteiger partial charge >= 0.3 is 5.97 Å². The molecule has 2 nitrogen and oxygen atoms in total. The van der Waals surface area contributed by atoms with Crippen LogP contribution in [0, 0.1) is 0 Å². The fraction of sp³-hybridized carbons (Fsp3) is 0.222. The highest BCUT2D eigenvalue weighted by atomic mass is 16.5. The number of hydrogen-bond acceptors (Lipinski definition) is 2. The van der Waals surface area contributed by atoms with Crippen molar-refractivity contribution in [2.24, 2.45) is 0 Å². The fourth-order valence-electron chi connectivity index (χ4n) is 1.46. The summed E-state index contributed by atoms with van der Waals surface area (Å²) in [7, 11) is 2.03. The van der Waals surface area contributed by atoms with E-state index in [1.54, 1.807) is 0 Å². The molecule has 1 aliphatic heterocycles. The topological polar surface area (TPSA) is 26.3 Å². The molecular weight excluding hydrogens is 151 g/mol. The predicted octanol–water partition coefficient (Wildman–Crippen LogP) is -0.342. The molecule has 12 heavy (non-hydrogen) atoms. The van der Waals surface area contributed by atoms with Crippen LogP contribution in [-0.4, -0.2) is 20.4 Å². The lowest BCUT2D eigenvalue weighted by Crippen LogP contribution is -2.19. The average molecular weight is 160 g/mol. The molecule has 0 bridgehead atoms. The largest absolute Gasteiger partial charge is 0.462 e. The molecule has 1 aromatic rings. The number of benzene rings is 1. The van der Waals surface area contributed by atoms with E-state index in [0.29, 0.717) is 6.61 Å². The molecule has 1 aliphatic rings. The Kier molecular flexibility index (Phi) is 1.64. The van der Waals surface area contributed by atoms with Gasteiger partial charge in [-0.1, -0.05) is 17.6 Å². The van der Waals surface area contributed by atoms with Crippen LogP contribution in [-0.2, 0) is 11.2 Å². The Morgan fingerprint density at radius 2 is 2.25 bits per heavy atom. The van der Waals surface area contributed by atoms with Gasteiger partial charge in [0.2, 0.25) is 0 Å². The second-order valence-corrected chi connectivity index (χ2v) is 3.05. The molecule has 0 amide bonds. The third kappa shape index (κ3) is 1.11. The van der Waals surface area contributed by atoms with E-state index in [9.17, 15) is 4.79 Å². The van der Waals surface area contributed by atoms with E-state index in [0.717, 1.165) is 17.5 Å². The minimum Gasteiger partial charge on any atom is -0.462 e. The molecule has 0 aromatic heterocycles. The summed E-state index contributed by atoms with van der Waals surface area (Å²) in [5.41, 5.74) is 3.04. The third-order valence-corrected chi connectivity index (χ3v) is 2.09. The zero-order valence-corrected chi connectivity index (χ0v) is 6.96. The van der Waals surface area contributed by atoms with Crippen LogP contribution in [0.5, 0.6) is 0 Å². The Hall–Kier alpha value is -1.25. The van der Waals surface area contributed by atoms with E-state index in [4.69, 9.17) is 4.74 Å².